The van der Waals surface area contributed by atoms with Crippen molar-refractivity contribution in [3.63, 3.8) is 0 Å². The molecule has 0 atom stereocenters. The van der Waals surface area contributed by atoms with E-state index in [0.29, 0.717) is 33.1 Å². The summed E-state index contributed by atoms with van der Waals surface area (Å²) in [6.07, 6.45) is 3.05. The van der Waals surface area contributed by atoms with Crippen molar-refractivity contribution < 1.29 is 9.53 Å². The Balaban J connectivity index is 2.00. The number of aromatic amines is 1. The van der Waals surface area contributed by atoms with Crippen LogP contribution >= 0.6 is 11.6 Å². The molecule has 0 fully saturated rings. The number of hydrogen-bond donors (Lipinski definition) is 4. The summed E-state index contributed by atoms with van der Waals surface area (Å²) in [5, 5.41) is 3.56. The van der Waals surface area contributed by atoms with Crippen LogP contribution in [0.1, 0.15) is 10.5 Å². The largest absolute Gasteiger partial charge is 0.453 e. The van der Waals surface area contributed by atoms with Crippen LogP contribution in [0.25, 0.3) is 10.9 Å². The summed E-state index contributed by atoms with van der Waals surface area (Å²) in [4.78, 5) is 22.8. The van der Waals surface area contributed by atoms with Crippen LogP contribution in [0, 0.1) is 0 Å². The number of rotatable bonds is 3. The topological polar surface area (TPSA) is 131 Å². The maximum atomic E-state index is 12.2. The van der Waals surface area contributed by atoms with E-state index in [1.165, 1.54) is 19.4 Å². The second-order valence-corrected chi connectivity index (χ2v) is 5.54. The van der Waals surface area contributed by atoms with Crippen LogP contribution < -0.4 is 21.5 Å². The third-order valence-electron chi connectivity index (χ3n) is 3.39. The molecule has 2 heterocycles. The summed E-state index contributed by atoms with van der Waals surface area (Å²) < 4.78 is 5.81. The van der Waals surface area contributed by atoms with Crippen molar-refractivity contribution in [2.24, 2.45) is 10.7 Å². The van der Waals surface area contributed by atoms with Gasteiger partial charge in [0.1, 0.15) is 11.4 Å². The maximum absolute atomic E-state index is 12.2. The minimum absolute atomic E-state index is 0.0112. The molecule has 0 aliphatic rings. The Morgan fingerprint density at radius 2 is 2.16 bits per heavy atom. The number of aliphatic imine (C=N–C) groups is 1. The van der Waals surface area contributed by atoms with Crippen LogP contribution in [0.2, 0.25) is 5.02 Å². The number of nitrogens with zero attached hydrogens (tertiary/aromatic N) is 2. The van der Waals surface area contributed by atoms with Gasteiger partial charge in [-0.2, -0.15) is 0 Å². The third kappa shape index (κ3) is 3.48. The number of hydrogen-bond acceptors (Lipinski definition) is 5. The number of carbonyl (C=O) groups excluding carboxylic acids is 1. The monoisotopic (exact) mass is 358 g/mol. The van der Waals surface area contributed by atoms with E-state index < -0.39 is 5.91 Å². The molecule has 0 radical (unpaired) electrons. The number of ether oxygens (including phenoxy) is 1. The summed E-state index contributed by atoms with van der Waals surface area (Å²) in [5.41, 5.74) is 12.5. The number of benzene rings is 1. The minimum atomic E-state index is -0.438. The Morgan fingerprint density at radius 1 is 1.36 bits per heavy atom. The highest BCUT2D eigenvalue weighted by Gasteiger charge is 2.15. The van der Waals surface area contributed by atoms with E-state index in [1.807, 2.05) is 0 Å². The van der Waals surface area contributed by atoms with Crippen LogP contribution in [-0.4, -0.2) is 28.9 Å². The number of H-pyrrole nitrogens is 1. The molecule has 1 amide bonds. The Hall–Kier alpha value is -3.26. The van der Waals surface area contributed by atoms with Gasteiger partial charge in [-0.05, 0) is 18.2 Å². The van der Waals surface area contributed by atoms with Gasteiger partial charge < -0.3 is 21.2 Å². The number of anilines is 1. The summed E-state index contributed by atoms with van der Waals surface area (Å²) in [5.74, 6) is 0.513. The van der Waals surface area contributed by atoms with Gasteiger partial charge >= 0.3 is 0 Å². The first-order valence-corrected chi connectivity index (χ1v) is 7.59. The molecule has 0 spiro atoms. The van der Waals surface area contributed by atoms with E-state index >= 15 is 0 Å². The molecule has 0 bridgehead atoms. The van der Waals surface area contributed by atoms with Gasteiger partial charge in [0.15, 0.2) is 11.7 Å². The van der Waals surface area contributed by atoms with E-state index in [2.05, 4.69) is 20.3 Å². The molecule has 2 aromatic heterocycles. The lowest BCUT2D eigenvalue weighted by Gasteiger charge is -2.07. The number of nitrogen functional groups attached to an aromatic ring is 1. The van der Waals surface area contributed by atoms with Crippen molar-refractivity contribution in [3.05, 3.63) is 47.4 Å². The van der Waals surface area contributed by atoms with Crippen molar-refractivity contribution in [1.82, 2.24) is 15.3 Å². The van der Waals surface area contributed by atoms with Crippen molar-refractivity contribution in [3.8, 4) is 11.5 Å². The number of carbonyl (C=O) groups is 1. The van der Waals surface area contributed by atoms with Crippen molar-refractivity contribution >= 4 is 40.1 Å². The normalized spacial score (nSPS) is 11.5. The van der Waals surface area contributed by atoms with Gasteiger partial charge in [0, 0.05) is 18.5 Å². The molecule has 6 N–H and O–H groups in total. The number of nitrogens with one attached hydrogen (secondary N) is 2. The Bertz CT molecular complexity index is 982. The first-order valence-electron chi connectivity index (χ1n) is 7.21. The lowest BCUT2D eigenvalue weighted by Crippen LogP contribution is -2.36. The summed E-state index contributed by atoms with van der Waals surface area (Å²) in [6, 6.07) is 6.62. The van der Waals surface area contributed by atoms with Gasteiger partial charge in [-0.3, -0.25) is 20.1 Å². The zero-order valence-electron chi connectivity index (χ0n) is 13.2. The van der Waals surface area contributed by atoms with Crippen LogP contribution in [0.3, 0.4) is 0 Å². The number of guanidine groups is 1. The molecule has 0 unspecified atom stereocenters. The predicted molar refractivity (Wildman–Crippen MR) is 97.0 cm³/mol. The van der Waals surface area contributed by atoms with Crippen molar-refractivity contribution in [2.75, 3.05) is 12.8 Å². The van der Waals surface area contributed by atoms with Gasteiger partial charge in [-0.15, -0.1) is 0 Å². The van der Waals surface area contributed by atoms with Crippen LogP contribution in [0.4, 0.5) is 5.69 Å². The Labute approximate surface area is 147 Å². The van der Waals surface area contributed by atoms with Gasteiger partial charge in [-0.25, -0.2) is 0 Å². The number of amides is 1. The molecule has 3 aromatic rings. The molecular formula is C16H15ClN6O2. The molecule has 9 heteroatoms. The summed E-state index contributed by atoms with van der Waals surface area (Å²) in [7, 11) is 1.48. The van der Waals surface area contributed by atoms with Crippen LogP contribution in [-0.2, 0) is 0 Å². The van der Waals surface area contributed by atoms with E-state index in [9.17, 15) is 4.79 Å². The second kappa shape index (κ2) is 6.70. The SMILES string of the molecule is CN=C(N)NC(=O)c1cc2c(Cl)ccc(Oc3cncc(N)c3)c2[nH]1. The van der Waals surface area contributed by atoms with Gasteiger partial charge in [-0.1, -0.05) is 11.6 Å². The molecular weight excluding hydrogens is 344 g/mol. The fourth-order valence-corrected chi connectivity index (χ4v) is 2.44. The molecule has 128 valence electrons. The molecule has 3 rings (SSSR count). The molecule has 25 heavy (non-hydrogen) atoms. The molecule has 8 nitrogen and oxygen atoms in total. The van der Waals surface area contributed by atoms with E-state index in [-0.39, 0.29) is 11.7 Å². The fourth-order valence-electron chi connectivity index (χ4n) is 2.22. The predicted octanol–water partition coefficient (Wildman–Crippen LogP) is 2.27. The first kappa shape index (κ1) is 16.6. The second-order valence-electron chi connectivity index (χ2n) is 5.14. The highest BCUT2D eigenvalue weighted by molar-refractivity contribution is 6.36. The Morgan fingerprint density at radius 3 is 2.88 bits per heavy atom. The lowest BCUT2D eigenvalue weighted by atomic mass is 10.2. The van der Waals surface area contributed by atoms with Gasteiger partial charge in [0.25, 0.3) is 5.91 Å². The quantitative estimate of drug-likeness (QED) is 0.421. The third-order valence-corrected chi connectivity index (χ3v) is 3.72. The average molecular weight is 359 g/mol. The van der Waals surface area contributed by atoms with E-state index in [4.69, 9.17) is 27.8 Å². The molecule has 0 saturated carbocycles. The molecule has 0 aliphatic heterocycles. The number of nitrogens with two attached hydrogens (primary N) is 2. The molecule has 0 aliphatic carbocycles. The lowest BCUT2D eigenvalue weighted by molar-refractivity contribution is 0.0972. The zero-order valence-corrected chi connectivity index (χ0v) is 14.0. The molecule has 1 aromatic carbocycles. The van der Waals surface area contributed by atoms with E-state index in [1.54, 1.807) is 24.3 Å². The Kier molecular flexibility index (Phi) is 4.44. The maximum Gasteiger partial charge on any atom is 0.274 e. The first-order chi connectivity index (χ1) is 12.0. The van der Waals surface area contributed by atoms with Gasteiger partial charge in [0.2, 0.25) is 0 Å². The fraction of sp³-hybridized carbons (Fsp3) is 0.0625. The van der Waals surface area contributed by atoms with Crippen LogP contribution in [0.5, 0.6) is 11.5 Å². The van der Waals surface area contributed by atoms with Gasteiger partial charge in [0.05, 0.1) is 28.6 Å². The zero-order chi connectivity index (χ0) is 18.0. The van der Waals surface area contributed by atoms with Crippen LogP contribution in [0.15, 0.2) is 41.7 Å². The number of pyridine rings is 1. The highest BCUT2D eigenvalue weighted by atomic mass is 35.5. The smallest absolute Gasteiger partial charge is 0.274 e. The average Bonchev–Trinajstić information content (AvgIpc) is 3.04. The highest BCUT2D eigenvalue weighted by Crippen LogP contribution is 2.34. The molecule has 0 saturated heterocycles. The van der Waals surface area contributed by atoms with Crippen molar-refractivity contribution in [1.29, 1.82) is 0 Å². The van der Waals surface area contributed by atoms with E-state index in [0.717, 1.165) is 0 Å². The number of fused-ring (bicyclic) bond motifs is 1. The number of halogens is 1. The minimum Gasteiger partial charge on any atom is -0.453 e. The number of aromatic nitrogens is 2. The van der Waals surface area contributed by atoms with Crippen molar-refractivity contribution in [2.45, 2.75) is 0 Å². The summed E-state index contributed by atoms with van der Waals surface area (Å²) in [6.45, 7) is 0. The standard InChI is InChI=1S/C16H15ClN6O2/c1-20-16(19)23-15(24)12-5-10-11(17)2-3-13(14(10)22-12)25-9-4-8(18)6-21-7-9/h2-7,22H,18H2,1H3,(H3,19,20,23,24). The summed E-state index contributed by atoms with van der Waals surface area (Å²) >= 11 is 6.22.